The Balaban J connectivity index is 2.92. The molecule has 0 bridgehead atoms. The lowest BCUT2D eigenvalue weighted by molar-refractivity contribution is 0.249. The zero-order valence-corrected chi connectivity index (χ0v) is 10.2. The fourth-order valence-corrected chi connectivity index (χ4v) is 1.59. The molecule has 0 atom stereocenters. The largest absolute Gasteiger partial charge is 0.496 e. The molecule has 0 aliphatic heterocycles. The van der Waals surface area contributed by atoms with Crippen LogP contribution in [0.25, 0.3) is 0 Å². The molecule has 80 valence electrons. The first-order valence-corrected chi connectivity index (χ1v) is 5.14. The van der Waals surface area contributed by atoms with Crippen molar-refractivity contribution < 1.29 is 9.53 Å². The summed E-state index contributed by atoms with van der Waals surface area (Å²) in [4.78, 5) is 10.4. The molecule has 0 radical (unpaired) electrons. The van der Waals surface area contributed by atoms with E-state index in [1.807, 2.05) is 18.2 Å². The maximum atomic E-state index is 10.4. The molecule has 0 aliphatic carbocycles. The highest BCUT2D eigenvalue weighted by molar-refractivity contribution is 14.1. The van der Waals surface area contributed by atoms with Crippen LogP contribution in [0.3, 0.4) is 0 Å². The van der Waals surface area contributed by atoms with Gasteiger partial charge in [0.25, 0.3) is 0 Å². The number of carbonyl (C=O) groups excluding carboxylic acids is 1. The number of amides is 2. The lowest BCUT2D eigenvalue weighted by Gasteiger charge is -2.05. The SMILES string of the molecule is COc1cccc(I)c1C=NNC(N)=O. The average Bonchev–Trinajstić information content (AvgIpc) is 2.20. The number of primary amides is 1. The van der Waals surface area contributed by atoms with Crippen LogP contribution in [0.2, 0.25) is 0 Å². The second-order valence-electron chi connectivity index (χ2n) is 2.59. The van der Waals surface area contributed by atoms with E-state index in [1.165, 1.54) is 6.21 Å². The highest BCUT2D eigenvalue weighted by Gasteiger charge is 2.03. The van der Waals surface area contributed by atoms with E-state index in [9.17, 15) is 4.79 Å². The average molecular weight is 319 g/mol. The van der Waals surface area contributed by atoms with Gasteiger partial charge < -0.3 is 10.5 Å². The number of carbonyl (C=O) groups is 1. The Bertz CT molecular complexity index is 393. The molecule has 2 amide bonds. The van der Waals surface area contributed by atoms with Gasteiger partial charge in [-0.1, -0.05) is 6.07 Å². The normalized spacial score (nSPS) is 10.3. The maximum Gasteiger partial charge on any atom is 0.332 e. The fourth-order valence-electron chi connectivity index (χ4n) is 0.981. The van der Waals surface area contributed by atoms with Crippen molar-refractivity contribution in [2.75, 3.05) is 7.11 Å². The molecule has 0 spiro atoms. The van der Waals surface area contributed by atoms with Crippen LogP contribution in [0.5, 0.6) is 5.75 Å². The minimum absolute atomic E-state index is 0.692. The van der Waals surface area contributed by atoms with E-state index in [1.54, 1.807) is 7.11 Å². The molecule has 15 heavy (non-hydrogen) atoms. The van der Waals surface area contributed by atoms with Gasteiger partial charge in [-0.05, 0) is 34.7 Å². The van der Waals surface area contributed by atoms with Gasteiger partial charge in [0.1, 0.15) is 5.75 Å². The summed E-state index contributed by atoms with van der Waals surface area (Å²) in [7, 11) is 1.57. The van der Waals surface area contributed by atoms with Gasteiger partial charge in [-0.3, -0.25) is 0 Å². The monoisotopic (exact) mass is 319 g/mol. The van der Waals surface area contributed by atoms with Crippen LogP contribution in [0, 0.1) is 3.57 Å². The third kappa shape index (κ3) is 3.39. The van der Waals surface area contributed by atoms with Crippen molar-refractivity contribution in [2.45, 2.75) is 0 Å². The summed E-state index contributed by atoms with van der Waals surface area (Å²) in [6.07, 6.45) is 1.49. The molecule has 5 nitrogen and oxygen atoms in total. The fraction of sp³-hybridized carbons (Fsp3) is 0.111. The minimum atomic E-state index is -0.698. The Labute approximate surface area is 101 Å². The number of nitrogens with two attached hydrogens (primary N) is 1. The minimum Gasteiger partial charge on any atom is -0.496 e. The van der Waals surface area contributed by atoms with Gasteiger partial charge >= 0.3 is 6.03 Å². The van der Waals surface area contributed by atoms with Crippen molar-refractivity contribution in [2.24, 2.45) is 10.8 Å². The lowest BCUT2D eigenvalue weighted by Crippen LogP contribution is -2.24. The molecule has 1 rings (SSSR count). The molecular formula is C9H10IN3O2. The van der Waals surface area contributed by atoms with Crippen LogP contribution >= 0.6 is 22.6 Å². The van der Waals surface area contributed by atoms with E-state index in [2.05, 4.69) is 33.1 Å². The molecule has 6 heteroatoms. The number of methoxy groups -OCH3 is 1. The Kier molecular flexibility index (Phi) is 4.35. The van der Waals surface area contributed by atoms with E-state index in [0.29, 0.717) is 5.75 Å². The molecular weight excluding hydrogens is 309 g/mol. The van der Waals surface area contributed by atoms with Gasteiger partial charge in [0.2, 0.25) is 0 Å². The summed E-state index contributed by atoms with van der Waals surface area (Å²) >= 11 is 2.15. The number of hydrazone groups is 1. The molecule has 0 saturated carbocycles. The van der Waals surface area contributed by atoms with Crippen LogP contribution in [0.4, 0.5) is 4.79 Å². The zero-order valence-electron chi connectivity index (χ0n) is 8.03. The molecule has 1 aromatic rings. The Morgan fingerprint density at radius 3 is 3.00 bits per heavy atom. The summed E-state index contributed by atoms with van der Waals surface area (Å²) in [6.45, 7) is 0. The van der Waals surface area contributed by atoms with E-state index in [4.69, 9.17) is 10.5 Å². The van der Waals surface area contributed by atoms with Gasteiger partial charge in [0.05, 0.1) is 13.3 Å². The van der Waals surface area contributed by atoms with Crippen LogP contribution in [-0.4, -0.2) is 19.4 Å². The highest BCUT2D eigenvalue weighted by atomic mass is 127. The number of benzene rings is 1. The molecule has 0 unspecified atom stereocenters. The third-order valence-electron chi connectivity index (χ3n) is 1.60. The molecule has 3 N–H and O–H groups in total. The summed E-state index contributed by atoms with van der Waals surface area (Å²) < 4.78 is 6.12. The van der Waals surface area contributed by atoms with E-state index < -0.39 is 6.03 Å². The molecule has 0 fully saturated rings. The molecule has 0 aliphatic rings. The predicted octanol–water partition coefficient (Wildman–Crippen LogP) is 1.30. The van der Waals surface area contributed by atoms with Crippen molar-refractivity contribution in [1.82, 2.24) is 5.43 Å². The number of nitrogens with zero attached hydrogens (tertiary/aromatic N) is 1. The van der Waals surface area contributed by atoms with Crippen LogP contribution < -0.4 is 15.9 Å². The molecule has 0 aromatic heterocycles. The summed E-state index contributed by atoms with van der Waals surface area (Å²) in [5, 5.41) is 3.68. The first-order chi connectivity index (χ1) is 7.15. The number of urea groups is 1. The number of hydrogen-bond acceptors (Lipinski definition) is 3. The van der Waals surface area contributed by atoms with Gasteiger partial charge in [-0.25, -0.2) is 10.2 Å². The lowest BCUT2D eigenvalue weighted by atomic mass is 10.2. The van der Waals surface area contributed by atoms with Crippen molar-refractivity contribution in [3.8, 4) is 5.75 Å². The first kappa shape index (κ1) is 11.8. The van der Waals surface area contributed by atoms with Crippen molar-refractivity contribution in [3.05, 3.63) is 27.3 Å². The van der Waals surface area contributed by atoms with Crippen LogP contribution in [0.1, 0.15) is 5.56 Å². The summed E-state index contributed by atoms with van der Waals surface area (Å²) in [5.74, 6) is 0.692. The van der Waals surface area contributed by atoms with Gasteiger partial charge in [0.15, 0.2) is 0 Å². The van der Waals surface area contributed by atoms with Crippen LogP contribution in [0.15, 0.2) is 23.3 Å². The smallest absolute Gasteiger partial charge is 0.332 e. The van der Waals surface area contributed by atoms with E-state index in [-0.39, 0.29) is 0 Å². The van der Waals surface area contributed by atoms with Crippen LogP contribution in [-0.2, 0) is 0 Å². The van der Waals surface area contributed by atoms with E-state index in [0.717, 1.165) is 9.13 Å². The molecule has 0 saturated heterocycles. The van der Waals surface area contributed by atoms with Gasteiger partial charge in [0, 0.05) is 9.13 Å². The highest BCUT2D eigenvalue weighted by Crippen LogP contribution is 2.21. The third-order valence-corrected chi connectivity index (χ3v) is 2.54. The standard InChI is InChI=1S/C9H10IN3O2/c1-15-8-4-2-3-7(10)6(8)5-12-13-9(11)14/h2-5H,1H3,(H3,11,13,14). The van der Waals surface area contributed by atoms with E-state index >= 15 is 0 Å². The Morgan fingerprint density at radius 2 is 2.40 bits per heavy atom. The number of rotatable bonds is 3. The predicted molar refractivity (Wildman–Crippen MR) is 66.0 cm³/mol. The second kappa shape index (κ2) is 5.54. The summed E-state index contributed by atoms with van der Waals surface area (Å²) in [5.41, 5.74) is 7.79. The van der Waals surface area contributed by atoms with Crippen molar-refractivity contribution in [1.29, 1.82) is 0 Å². The number of nitrogens with one attached hydrogen (secondary N) is 1. The van der Waals surface area contributed by atoms with Crippen molar-refractivity contribution in [3.63, 3.8) is 0 Å². The summed E-state index contributed by atoms with van der Waals surface area (Å²) in [6, 6.07) is 4.90. The first-order valence-electron chi connectivity index (χ1n) is 4.06. The quantitative estimate of drug-likeness (QED) is 0.500. The molecule has 0 heterocycles. The maximum absolute atomic E-state index is 10.4. The topological polar surface area (TPSA) is 76.7 Å². The number of ether oxygens (including phenoxy) is 1. The Hall–Kier alpha value is -1.31. The zero-order chi connectivity index (χ0) is 11.3. The molecule has 1 aromatic carbocycles. The van der Waals surface area contributed by atoms with Gasteiger partial charge in [-0.15, -0.1) is 0 Å². The second-order valence-corrected chi connectivity index (χ2v) is 3.75. The van der Waals surface area contributed by atoms with Gasteiger partial charge in [-0.2, -0.15) is 5.10 Å². The number of hydrogen-bond donors (Lipinski definition) is 2. The number of halogens is 1. The Morgan fingerprint density at radius 1 is 1.67 bits per heavy atom. The van der Waals surface area contributed by atoms with Crippen molar-refractivity contribution >= 4 is 34.8 Å².